The van der Waals surface area contributed by atoms with Crippen molar-refractivity contribution in [2.45, 2.75) is 25.8 Å². The molecule has 1 aliphatic rings. The van der Waals surface area contributed by atoms with Gasteiger partial charge in [-0.25, -0.2) is 0 Å². The normalized spacial score (nSPS) is 13.8. The molecule has 0 bridgehead atoms. The molecule has 136 valence electrons. The number of hydrogen-bond donors (Lipinski definition) is 1. The van der Waals surface area contributed by atoms with E-state index < -0.39 is 0 Å². The third-order valence-electron chi connectivity index (χ3n) is 3.93. The van der Waals surface area contributed by atoms with Gasteiger partial charge in [0.25, 0.3) is 0 Å². The van der Waals surface area contributed by atoms with Crippen molar-refractivity contribution < 1.29 is 28.6 Å². The maximum absolute atomic E-state index is 12.0. The number of rotatable bonds is 8. The van der Waals surface area contributed by atoms with Gasteiger partial charge in [-0.15, -0.1) is 0 Å². The molecule has 0 unspecified atom stereocenters. The van der Waals surface area contributed by atoms with Crippen LogP contribution in [0.5, 0.6) is 17.2 Å². The molecule has 25 heavy (non-hydrogen) atoms. The molecular formula is C17H22N2O6. The maximum atomic E-state index is 12.0. The second-order valence-electron chi connectivity index (χ2n) is 5.50. The third kappa shape index (κ3) is 4.40. The number of amides is 3. The molecule has 8 nitrogen and oxygen atoms in total. The lowest BCUT2D eigenvalue weighted by Crippen LogP contribution is -2.34. The fourth-order valence-corrected chi connectivity index (χ4v) is 2.61. The van der Waals surface area contributed by atoms with Crippen LogP contribution < -0.4 is 19.5 Å². The first kappa shape index (κ1) is 18.6. The Bertz CT molecular complexity index is 632. The van der Waals surface area contributed by atoms with E-state index in [9.17, 15) is 14.4 Å². The van der Waals surface area contributed by atoms with Crippen LogP contribution in [0.15, 0.2) is 12.1 Å². The highest BCUT2D eigenvalue weighted by Gasteiger charge is 2.28. The minimum atomic E-state index is -0.249. The predicted octanol–water partition coefficient (Wildman–Crippen LogP) is 0.868. The molecule has 0 saturated carbocycles. The number of carbonyl (C=O) groups excluding carboxylic acids is 3. The maximum Gasteiger partial charge on any atom is 0.229 e. The molecule has 8 heteroatoms. The molecule has 1 fully saturated rings. The van der Waals surface area contributed by atoms with Crippen molar-refractivity contribution in [2.75, 3.05) is 27.9 Å². The van der Waals surface area contributed by atoms with Gasteiger partial charge in [-0.3, -0.25) is 19.3 Å². The Hall–Kier alpha value is -2.77. The van der Waals surface area contributed by atoms with Crippen molar-refractivity contribution >= 4 is 17.7 Å². The van der Waals surface area contributed by atoms with E-state index in [1.807, 2.05) is 0 Å². The van der Waals surface area contributed by atoms with Gasteiger partial charge in [0.15, 0.2) is 11.5 Å². The number of methoxy groups -OCH3 is 3. The fraction of sp³-hybridized carbons (Fsp3) is 0.471. The van der Waals surface area contributed by atoms with Crippen molar-refractivity contribution in [1.82, 2.24) is 10.2 Å². The lowest BCUT2D eigenvalue weighted by Gasteiger charge is -2.15. The summed E-state index contributed by atoms with van der Waals surface area (Å²) < 4.78 is 15.8. The molecule has 0 aromatic heterocycles. The molecule has 1 N–H and O–H groups in total. The highest BCUT2D eigenvalue weighted by Crippen LogP contribution is 2.38. The summed E-state index contributed by atoms with van der Waals surface area (Å²) in [4.78, 5) is 36.1. The van der Waals surface area contributed by atoms with E-state index in [1.165, 1.54) is 21.3 Å². The third-order valence-corrected chi connectivity index (χ3v) is 3.93. The molecule has 0 atom stereocenters. The molecule has 1 aromatic carbocycles. The molecule has 0 radical (unpaired) electrons. The number of likely N-dealkylation sites (tertiary alicyclic amines) is 1. The second-order valence-corrected chi connectivity index (χ2v) is 5.50. The monoisotopic (exact) mass is 350 g/mol. The van der Waals surface area contributed by atoms with Crippen LogP contribution in [0.2, 0.25) is 0 Å². The van der Waals surface area contributed by atoms with Gasteiger partial charge < -0.3 is 19.5 Å². The fourth-order valence-electron chi connectivity index (χ4n) is 2.61. The average Bonchev–Trinajstić information content (AvgIpc) is 2.94. The zero-order valence-corrected chi connectivity index (χ0v) is 14.6. The first-order valence-corrected chi connectivity index (χ1v) is 7.89. The Morgan fingerprint density at radius 1 is 1.04 bits per heavy atom. The van der Waals surface area contributed by atoms with E-state index >= 15 is 0 Å². The molecule has 0 spiro atoms. The van der Waals surface area contributed by atoms with Crippen molar-refractivity contribution in [1.29, 1.82) is 0 Å². The van der Waals surface area contributed by atoms with Gasteiger partial charge in [0.2, 0.25) is 23.5 Å². The van der Waals surface area contributed by atoms with Gasteiger partial charge in [-0.2, -0.15) is 0 Å². The Morgan fingerprint density at radius 2 is 1.60 bits per heavy atom. The topological polar surface area (TPSA) is 94.2 Å². The summed E-state index contributed by atoms with van der Waals surface area (Å²) in [6, 6.07) is 3.49. The molecule has 2 rings (SSSR count). The van der Waals surface area contributed by atoms with Crippen LogP contribution >= 0.6 is 0 Å². The molecule has 1 aliphatic heterocycles. The quantitative estimate of drug-likeness (QED) is 0.699. The van der Waals surface area contributed by atoms with E-state index in [2.05, 4.69) is 5.32 Å². The number of ether oxygens (including phenoxy) is 3. The second kappa shape index (κ2) is 8.36. The first-order chi connectivity index (χ1) is 12.0. The lowest BCUT2D eigenvalue weighted by molar-refractivity contribution is -0.138. The van der Waals surface area contributed by atoms with Crippen molar-refractivity contribution in [3.63, 3.8) is 0 Å². The van der Waals surface area contributed by atoms with Gasteiger partial charge in [0.1, 0.15) is 0 Å². The molecule has 1 saturated heterocycles. The first-order valence-electron chi connectivity index (χ1n) is 7.89. The van der Waals surface area contributed by atoms with E-state index in [4.69, 9.17) is 14.2 Å². The molecular weight excluding hydrogens is 328 g/mol. The average molecular weight is 350 g/mol. The molecule has 1 heterocycles. The summed E-state index contributed by atoms with van der Waals surface area (Å²) in [6.45, 7) is 0.371. The van der Waals surface area contributed by atoms with Gasteiger partial charge >= 0.3 is 0 Å². The van der Waals surface area contributed by atoms with Crippen molar-refractivity contribution in [2.24, 2.45) is 0 Å². The minimum absolute atomic E-state index is 0.0713. The van der Waals surface area contributed by atoms with E-state index in [1.54, 1.807) is 12.1 Å². The molecule has 0 aliphatic carbocycles. The Labute approximate surface area is 146 Å². The SMILES string of the molecule is COc1cc(CNC(=O)CCN2C(=O)CCC2=O)cc(OC)c1OC. The lowest BCUT2D eigenvalue weighted by atomic mass is 10.1. The van der Waals surface area contributed by atoms with Crippen LogP contribution in [0.1, 0.15) is 24.8 Å². The molecule has 1 aromatic rings. The largest absolute Gasteiger partial charge is 0.493 e. The van der Waals surface area contributed by atoms with Crippen LogP contribution in [0, 0.1) is 0 Å². The number of carbonyl (C=O) groups is 3. The van der Waals surface area contributed by atoms with Crippen LogP contribution in [0.25, 0.3) is 0 Å². The van der Waals surface area contributed by atoms with Gasteiger partial charge in [-0.1, -0.05) is 0 Å². The smallest absolute Gasteiger partial charge is 0.229 e. The van der Waals surface area contributed by atoms with Crippen LogP contribution in [0.3, 0.4) is 0 Å². The number of nitrogens with zero attached hydrogens (tertiary/aromatic N) is 1. The highest BCUT2D eigenvalue weighted by molar-refractivity contribution is 6.02. The highest BCUT2D eigenvalue weighted by atomic mass is 16.5. The molecule has 3 amide bonds. The van der Waals surface area contributed by atoms with E-state index in [0.29, 0.717) is 17.2 Å². The van der Waals surface area contributed by atoms with Crippen molar-refractivity contribution in [3.05, 3.63) is 17.7 Å². The Kier molecular flexibility index (Phi) is 6.21. The van der Waals surface area contributed by atoms with Crippen LogP contribution in [-0.2, 0) is 20.9 Å². The summed E-state index contributed by atoms with van der Waals surface area (Å²) in [5, 5.41) is 2.75. The number of imide groups is 1. The standard InChI is InChI=1S/C17H22N2O6/c1-23-12-8-11(9-13(24-2)17(12)25-3)10-18-14(20)6-7-19-15(21)4-5-16(19)22/h8-9H,4-7,10H2,1-3H3,(H,18,20). The van der Waals surface area contributed by atoms with Crippen LogP contribution in [-0.4, -0.2) is 50.5 Å². The summed E-state index contributed by atoms with van der Waals surface area (Å²) in [6.07, 6.45) is 0.527. The van der Waals surface area contributed by atoms with Crippen LogP contribution in [0.4, 0.5) is 0 Å². The summed E-state index contributed by atoms with van der Waals surface area (Å²) in [7, 11) is 4.55. The summed E-state index contributed by atoms with van der Waals surface area (Å²) in [5.74, 6) is 0.788. The number of nitrogens with one attached hydrogen (secondary N) is 1. The van der Waals surface area contributed by atoms with Gasteiger partial charge in [-0.05, 0) is 17.7 Å². The Balaban J connectivity index is 1.93. The minimum Gasteiger partial charge on any atom is -0.493 e. The zero-order valence-electron chi connectivity index (χ0n) is 14.6. The van der Waals surface area contributed by atoms with Gasteiger partial charge in [0, 0.05) is 32.4 Å². The zero-order chi connectivity index (χ0) is 18.4. The number of benzene rings is 1. The number of hydrogen-bond acceptors (Lipinski definition) is 6. The van der Waals surface area contributed by atoms with Crippen molar-refractivity contribution in [3.8, 4) is 17.2 Å². The predicted molar refractivity (Wildman–Crippen MR) is 88.5 cm³/mol. The van der Waals surface area contributed by atoms with E-state index in [0.717, 1.165) is 10.5 Å². The van der Waals surface area contributed by atoms with E-state index in [-0.39, 0.29) is 50.1 Å². The Morgan fingerprint density at radius 3 is 2.08 bits per heavy atom. The summed E-state index contributed by atoms with van der Waals surface area (Å²) in [5.41, 5.74) is 0.774. The van der Waals surface area contributed by atoms with Gasteiger partial charge in [0.05, 0.1) is 21.3 Å². The summed E-state index contributed by atoms with van der Waals surface area (Å²) >= 11 is 0.